The van der Waals surface area contributed by atoms with E-state index < -0.39 is 10.8 Å². The van der Waals surface area contributed by atoms with Crippen molar-refractivity contribution < 1.29 is 14.5 Å². The molecule has 0 bridgehead atoms. The topological polar surface area (TPSA) is 101 Å². The van der Waals surface area contributed by atoms with Crippen molar-refractivity contribution >= 4 is 29.3 Å². The minimum absolute atomic E-state index is 0.107. The van der Waals surface area contributed by atoms with Crippen molar-refractivity contribution in [2.75, 3.05) is 5.75 Å². The first-order valence-electron chi connectivity index (χ1n) is 6.58. The van der Waals surface area contributed by atoms with Gasteiger partial charge in [0.15, 0.2) is 0 Å². The van der Waals surface area contributed by atoms with Crippen LogP contribution in [0.1, 0.15) is 10.4 Å². The lowest BCUT2D eigenvalue weighted by atomic mass is 10.2. The Bertz CT molecular complexity index is 704. The molecule has 0 spiro atoms. The average molecular weight is 331 g/mol. The number of nitrogens with zero attached hydrogens (tertiary/aromatic N) is 1. The molecule has 0 aliphatic carbocycles. The van der Waals surface area contributed by atoms with Crippen molar-refractivity contribution in [3.63, 3.8) is 0 Å². The molecule has 2 amide bonds. The van der Waals surface area contributed by atoms with Crippen LogP contribution in [0.15, 0.2) is 59.5 Å². The number of hydrogen-bond acceptors (Lipinski definition) is 5. The molecule has 0 unspecified atom stereocenters. The summed E-state index contributed by atoms with van der Waals surface area (Å²) in [7, 11) is 0. The zero-order chi connectivity index (χ0) is 16.7. The van der Waals surface area contributed by atoms with Crippen LogP contribution < -0.4 is 10.9 Å². The standard InChI is InChI=1S/C15H13N3O4S/c19-14(10-23-13-4-2-1-3-5-13)16-17-15(20)11-6-8-12(9-7-11)18(21)22/h1-9H,10H2,(H,16,19)(H,17,20). The number of hydrogen-bond donors (Lipinski definition) is 2. The molecule has 0 aliphatic heterocycles. The fourth-order valence-electron chi connectivity index (χ4n) is 1.63. The lowest BCUT2D eigenvalue weighted by molar-refractivity contribution is -0.384. The molecule has 7 nitrogen and oxygen atoms in total. The third-order valence-corrected chi connectivity index (χ3v) is 3.78. The van der Waals surface area contributed by atoms with E-state index >= 15 is 0 Å². The van der Waals surface area contributed by atoms with Gasteiger partial charge >= 0.3 is 0 Å². The van der Waals surface area contributed by atoms with Gasteiger partial charge < -0.3 is 0 Å². The maximum absolute atomic E-state index is 11.8. The van der Waals surface area contributed by atoms with Crippen molar-refractivity contribution in [2.45, 2.75) is 4.90 Å². The second-order valence-corrected chi connectivity index (χ2v) is 5.46. The number of hydrazine groups is 1. The van der Waals surface area contributed by atoms with E-state index in [-0.39, 0.29) is 22.9 Å². The zero-order valence-corrected chi connectivity index (χ0v) is 12.7. The van der Waals surface area contributed by atoms with E-state index in [1.54, 1.807) is 0 Å². The van der Waals surface area contributed by atoms with Crippen LogP contribution in [0.3, 0.4) is 0 Å². The Morgan fingerprint density at radius 3 is 2.26 bits per heavy atom. The molecular formula is C15H13N3O4S. The molecule has 2 aromatic rings. The second kappa shape index (κ2) is 7.95. The summed E-state index contributed by atoms with van der Waals surface area (Å²) in [4.78, 5) is 34.4. The minimum atomic E-state index is -0.551. The number of nitrogens with one attached hydrogen (secondary N) is 2. The molecule has 8 heteroatoms. The summed E-state index contributed by atoms with van der Waals surface area (Å²) in [6.45, 7) is 0. The molecule has 118 valence electrons. The van der Waals surface area contributed by atoms with Crippen LogP contribution in [-0.2, 0) is 4.79 Å². The van der Waals surface area contributed by atoms with Crippen LogP contribution in [0, 0.1) is 10.1 Å². The number of non-ortho nitro benzene ring substituents is 1. The molecule has 0 aromatic heterocycles. The summed E-state index contributed by atoms with van der Waals surface area (Å²) in [5.74, 6) is -0.739. The number of nitro benzene ring substituents is 1. The van der Waals surface area contributed by atoms with E-state index in [1.165, 1.54) is 36.0 Å². The first-order valence-corrected chi connectivity index (χ1v) is 7.56. The quantitative estimate of drug-likeness (QED) is 0.496. The van der Waals surface area contributed by atoms with E-state index in [0.29, 0.717) is 0 Å². The second-order valence-electron chi connectivity index (χ2n) is 4.41. The Balaban J connectivity index is 1.79. The normalized spacial score (nSPS) is 9.91. The number of carbonyl (C=O) groups excluding carboxylic acids is 2. The highest BCUT2D eigenvalue weighted by Crippen LogP contribution is 2.16. The van der Waals surface area contributed by atoms with Gasteiger partial charge in [-0.15, -0.1) is 11.8 Å². The molecule has 0 heterocycles. The number of nitro groups is 1. The van der Waals surface area contributed by atoms with Crippen molar-refractivity contribution in [1.82, 2.24) is 10.9 Å². The van der Waals surface area contributed by atoms with Crippen LogP contribution in [0.5, 0.6) is 0 Å². The number of benzene rings is 2. The van der Waals surface area contributed by atoms with Crippen LogP contribution in [0.25, 0.3) is 0 Å². The van der Waals surface area contributed by atoms with Gasteiger partial charge in [0.05, 0.1) is 10.7 Å². The third kappa shape index (κ3) is 5.11. The van der Waals surface area contributed by atoms with Gasteiger partial charge in [0.2, 0.25) is 5.91 Å². The Morgan fingerprint density at radius 2 is 1.65 bits per heavy atom. The minimum Gasteiger partial charge on any atom is -0.272 e. The van der Waals surface area contributed by atoms with Crippen molar-refractivity contribution in [3.8, 4) is 0 Å². The number of rotatable bonds is 5. The summed E-state index contributed by atoms with van der Waals surface area (Å²) in [5, 5.41) is 10.5. The number of thioether (sulfide) groups is 1. The van der Waals surface area contributed by atoms with Crippen molar-refractivity contribution in [2.24, 2.45) is 0 Å². The molecule has 0 aliphatic rings. The zero-order valence-electron chi connectivity index (χ0n) is 11.9. The van der Waals surface area contributed by atoms with Crippen molar-refractivity contribution in [3.05, 3.63) is 70.3 Å². The van der Waals surface area contributed by atoms with Crippen LogP contribution in [0.2, 0.25) is 0 Å². The largest absolute Gasteiger partial charge is 0.272 e. The molecule has 0 fully saturated rings. The summed E-state index contributed by atoms with van der Waals surface area (Å²) in [6, 6.07) is 14.5. The lowest BCUT2D eigenvalue weighted by Gasteiger charge is -2.07. The van der Waals surface area contributed by atoms with Gasteiger partial charge in [-0.1, -0.05) is 18.2 Å². The molecule has 2 N–H and O–H groups in total. The predicted molar refractivity (Wildman–Crippen MR) is 85.9 cm³/mol. The van der Waals surface area contributed by atoms with Gasteiger partial charge in [-0.3, -0.25) is 30.6 Å². The highest BCUT2D eigenvalue weighted by Gasteiger charge is 2.10. The van der Waals surface area contributed by atoms with Gasteiger partial charge in [-0.05, 0) is 24.3 Å². The Kier molecular flexibility index (Phi) is 5.70. The molecule has 0 saturated heterocycles. The molecular weight excluding hydrogens is 318 g/mol. The first kappa shape index (κ1) is 16.5. The molecule has 0 radical (unpaired) electrons. The molecule has 0 saturated carbocycles. The smallest absolute Gasteiger partial charge is 0.269 e. The highest BCUT2D eigenvalue weighted by molar-refractivity contribution is 8.00. The SMILES string of the molecule is O=C(CSc1ccccc1)NNC(=O)c1ccc([N+](=O)[O-])cc1. The predicted octanol–water partition coefficient (Wildman–Crippen LogP) is 2.15. The number of carbonyl (C=O) groups is 2. The lowest BCUT2D eigenvalue weighted by Crippen LogP contribution is -2.42. The van der Waals surface area contributed by atoms with Crippen LogP contribution in [0.4, 0.5) is 5.69 Å². The Hall–Kier alpha value is -2.87. The van der Waals surface area contributed by atoms with E-state index in [4.69, 9.17) is 0 Å². The molecule has 2 aromatic carbocycles. The van der Waals surface area contributed by atoms with E-state index in [1.807, 2.05) is 30.3 Å². The maximum atomic E-state index is 11.8. The first-order chi connectivity index (χ1) is 11.1. The van der Waals surface area contributed by atoms with Gasteiger partial charge in [0.25, 0.3) is 11.6 Å². The van der Waals surface area contributed by atoms with E-state index in [9.17, 15) is 19.7 Å². The van der Waals surface area contributed by atoms with Gasteiger partial charge in [-0.25, -0.2) is 0 Å². The van der Waals surface area contributed by atoms with Crippen molar-refractivity contribution in [1.29, 1.82) is 0 Å². The fraction of sp³-hybridized carbons (Fsp3) is 0.0667. The third-order valence-electron chi connectivity index (χ3n) is 2.77. The van der Waals surface area contributed by atoms with Crippen LogP contribution >= 0.6 is 11.8 Å². The van der Waals surface area contributed by atoms with Gasteiger partial charge in [-0.2, -0.15) is 0 Å². The molecule has 2 rings (SSSR count). The maximum Gasteiger partial charge on any atom is 0.269 e. The van der Waals surface area contributed by atoms with Gasteiger partial charge in [0, 0.05) is 22.6 Å². The average Bonchev–Trinajstić information content (AvgIpc) is 2.58. The summed E-state index contributed by atoms with van der Waals surface area (Å²) in [5.41, 5.74) is 4.67. The molecule has 23 heavy (non-hydrogen) atoms. The monoisotopic (exact) mass is 331 g/mol. The Labute approximate surface area is 136 Å². The van der Waals surface area contributed by atoms with E-state index in [2.05, 4.69) is 10.9 Å². The summed E-state index contributed by atoms with van der Waals surface area (Å²) < 4.78 is 0. The van der Waals surface area contributed by atoms with Crippen LogP contribution in [-0.4, -0.2) is 22.5 Å². The fourth-order valence-corrected chi connectivity index (χ4v) is 2.35. The summed E-state index contributed by atoms with van der Waals surface area (Å²) >= 11 is 1.34. The highest BCUT2D eigenvalue weighted by atomic mass is 32.2. The number of amides is 2. The van der Waals surface area contributed by atoms with Gasteiger partial charge in [0.1, 0.15) is 0 Å². The molecule has 0 atom stereocenters. The summed E-state index contributed by atoms with van der Waals surface area (Å²) in [6.07, 6.45) is 0. The van der Waals surface area contributed by atoms with E-state index in [0.717, 1.165) is 4.90 Å². The Morgan fingerprint density at radius 1 is 1.00 bits per heavy atom.